The molecule has 1 heterocycles. The Hall–Kier alpha value is -3.36. The molecule has 1 amide bonds. The Bertz CT molecular complexity index is 923. The number of nitrogens with zero attached hydrogens (tertiary/aromatic N) is 3. The molecule has 0 spiro atoms. The zero-order chi connectivity index (χ0) is 18.7. The van der Waals surface area contributed by atoms with Crippen molar-refractivity contribution in [2.24, 2.45) is 0 Å². The summed E-state index contributed by atoms with van der Waals surface area (Å²) >= 11 is 0. The van der Waals surface area contributed by atoms with E-state index < -0.39 is 17.6 Å². The topological polar surface area (TPSA) is 69.0 Å². The molecule has 3 aromatic rings. The minimum absolute atomic E-state index is 0.0479. The monoisotopic (exact) mass is 362 g/mol. The average Bonchev–Trinajstić information content (AvgIpc) is 3.12. The van der Waals surface area contributed by atoms with Crippen LogP contribution in [0.5, 0.6) is 5.75 Å². The first kappa shape index (κ1) is 17.5. The molecule has 1 N–H and O–H groups in total. The predicted molar refractivity (Wildman–Crippen MR) is 87.3 cm³/mol. The second-order valence-corrected chi connectivity index (χ2v) is 5.22. The number of rotatable bonds is 4. The predicted octanol–water partition coefficient (Wildman–Crippen LogP) is 3.55. The van der Waals surface area contributed by atoms with E-state index in [1.807, 2.05) is 6.07 Å². The number of halogens is 3. The quantitative estimate of drug-likeness (QED) is 0.771. The molecule has 2 aromatic carbocycles. The fourth-order valence-electron chi connectivity index (χ4n) is 2.22. The molecule has 0 aliphatic rings. The number of hydrogen-bond acceptors (Lipinski definition) is 4. The molecule has 0 saturated carbocycles. The summed E-state index contributed by atoms with van der Waals surface area (Å²) in [6.07, 6.45) is -3.31. The molecular weight excluding hydrogens is 349 g/mol. The molecular formula is C17H13F3N4O2. The lowest BCUT2D eigenvalue weighted by Crippen LogP contribution is -2.15. The Balaban J connectivity index is 1.85. The van der Waals surface area contributed by atoms with Crippen LogP contribution >= 0.6 is 0 Å². The summed E-state index contributed by atoms with van der Waals surface area (Å²) in [6, 6.07) is 11.7. The number of amides is 1. The van der Waals surface area contributed by atoms with E-state index in [1.54, 1.807) is 24.3 Å². The lowest BCUT2D eigenvalue weighted by molar-refractivity contribution is -0.137. The molecule has 0 radical (unpaired) electrons. The Morgan fingerprint density at radius 1 is 1.15 bits per heavy atom. The lowest BCUT2D eigenvalue weighted by Gasteiger charge is -2.13. The van der Waals surface area contributed by atoms with Crippen molar-refractivity contribution in [2.45, 2.75) is 6.18 Å². The van der Waals surface area contributed by atoms with Crippen molar-refractivity contribution in [3.05, 3.63) is 66.0 Å². The highest BCUT2D eigenvalue weighted by molar-refractivity contribution is 6.03. The van der Waals surface area contributed by atoms with Gasteiger partial charge in [0.15, 0.2) is 5.69 Å². The van der Waals surface area contributed by atoms with Gasteiger partial charge in [0, 0.05) is 0 Å². The summed E-state index contributed by atoms with van der Waals surface area (Å²) in [4.78, 5) is 13.6. The number of alkyl halides is 3. The van der Waals surface area contributed by atoms with Gasteiger partial charge in [-0.05, 0) is 30.3 Å². The van der Waals surface area contributed by atoms with Crippen LogP contribution in [0.25, 0.3) is 5.69 Å². The van der Waals surface area contributed by atoms with E-state index in [0.29, 0.717) is 5.69 Å². The summed E-state index contributed by atoms with van der Waals surface area (Å²) in [5.41, 5.74) is -0.417. The summed E-state index contributed by atoms with van der Waals surface area (Å²) in [5, 5.41) is 10.4. The van der Waals surface area contributed by atoms with Crippen LogP contribution in [-0.2, 0) is 6.18 Å². The molecule has 3 rings (SSSR count). The fraction of sp³-hybridized carbons (Fsp3) is 0.118. The summed E-state index contributed by atoms with van der Waals surface area (Å²) in [6.45, 7) is 0. The van der Waals surface area contributed by atoms with Crippen LogP contribution in [0.15, 0.2) is 54.7 Å². The van der Waals surface area contributed by atoms with Crippen LogP contribution in [0.1, 0.15) is 16.1 Å². The van der Waals surface area contributed by atoms with Crippen molar-refractivity contribution in [3.8, 4) is 11.4 Å². The van der Waals surface area contributed by atoms with Gasteiger partial charge in [-0.25, -0.2) is 0 Å². The zero-order valence-corrected chi connectivity index (χ0v) is 13.5. The van der Waals surface area contributed by atoms with E-state index in [9.17, 15) is 18.0 Å². The largest absolute Gasteiger partial charge is 0.495 e. The third kappa shape index (κ3) is 3.66. The molecule has 6 nitrogen and oxygen atoms in total. The second kappa shape index (κ2) is 6.87. The molecule has 0 aliphatic carbocycles. The van der Waals surface area contributed by atoms with Gasteiger partial charge in [-0.2, -0.15) is 23.1 Å². The summed E-state index contributed by atoms with van der Waals surface area (Å²) in [7, 11) is 1.30. The smallest absolute Gasteiger partial charge is 0.416 e. The van der Waals surface area contributed by atoms with Crippen molar-refractivity contribution in [2.75, 3.05) is 12.4 Å². The zero-order valence-electron chi connectivity index (χ0n) is 13.5. The van der Waals surface area contributed by atoms with Gasteiger partial charge in [0.05, 0.1) is 30.2 Å². The van der Waals surface area contributed by atoms with Crippen LogP contribution in [0, 0.1) is 0 Å². The number of para-hydroxylation sites is 1. The van der Waals surface area contributed by atoms with Gasteiger partial charge in [0.25, 0.3) is 5.91 Å². The van der Waals surface area contributed by atoms with Gasteiger partial charge in [0.1, 0.15) is 5.75 Å². The molecule has 26 heavy (non-hydrogen) atoms. The van der Waals surface area contributed by atoms with Crippen molar-refractivity contribution in [1.82, 2.24) is 15.0 Å². The van der Waals surface area contributed by atoms with Gasteiger partial charge < -0.3 is 10.1 Å². The van der Waals surface area contributed by atoms with E-state index in [4.69, 9.17) is 4.74 Å². The van der Waals surface area contributed by atoms with Crippen molar-refractivity contribution >= 4 is 11.6 Å². The maximum atomic E-state index is 12.9. The number of hydrogen-bond donors (Lipinski definition) is 1. The third-order valence-electron chi connectivity index (χ3n) is 3.49. The van der Waals surface area contributed by atoms with Crippen LogP contribution < -0.4 is 10.1 Å². The first-order chi connectivity index (χ1) is 12.4. The Labute approximate surface area is 146 Å². The van der Waals surface area contributed by atoms with Crippen LogP contribution in [-0.4, -0.2) is 28.0 Å². The molecule has 0 atom stereocenters. The molecule has 0 aliphatic heterocycles. The number of carbonyl (C=O) groups excluding carboxylic acids is 1. The van der Waals surface area contributed by atoms with Gasteiger partial charge in [0.2, 0.25) is 0 Å². The van der Waals surface area contributed by atoms with Gasteiger partial charge in [-0.1, -0.05) is 18.2 Å². The number of ether oxygens (including phenoxy) is 1. The molecule has 134 valence electrons. The number of aromatic nitrogens is 3. The summed E-state index contributed by atoms with van der Waals surface area (Å²) in [5.74, 6) is -0.605. The van der Waals surface area contributed by atoms with Gasteiger partial charge >= 0.3 is 6.18 Å². The van der Waals surface area contributed by atoms with E-state index in [2.05, 4.69) is 15.5 Å². The second-order valence-electron chi connectivity index (χ2n) is 5.22. The van der Waals surface area contributed by atoms with E-state index in [1.165, 1.54) is 18.1 Å². The summed E-state index contributed by atoms with van der Waals surface area (Å²) < 4.78 is 43.6. The SMILES string of the molecule is COc1ccc(C(F)(F)F)cc1NC(=O)c1cnn(-c2ccccc2)n1. The number of methoxy groups -OCH3 is 1. The van der Waals surface area contributed by atoms with E-state index >= 15 is 0 Å². The highest BCUT2D eigenvalue weighted by Crippen LogP contribution is 2.35. The van der Waals surface area contributed by atoms with Gasteiger partial charge in [-0.15, -0.1) is 5.10 Å². The minimum atomic E-state index is -4.54. The Morgan fingerprint density at radius 3 is 2.54 bits per heavy atom. The number of carbonyl (C=O) groups is 1. The number of benzene rings is 2. The normalized spacial score (nSPS) is 11.2. The fourth-order valence-corrected chi connectivity index (χ4v) is 2.22. The van der Waals surface area contributed by atoms with Crippen LogP contribution in [0.3, 0.4) is 0 Å². The third-order valence-corrected chi connectivity index (χ3v) is 3.49. The van der Waals surface area contributed by atoms with Crippen LogP contribution in [0.2, 0.25) is 0 Å². The first-order valence-electron chi connectivity index (χ1n) is 7.43. The average molecular weight is 362 g/mol. The highest BCUT2D eigenvalue weighted by Gasteiger charge is 2.31. The lowest BCUT2D eigenvalue weighted by atomic mass is 10.1. The van der Waals surface area contributed by atoms with Gasteiger partial charge in [-0.3, -0.25) is 4.79 Å². The minimum Gasteiger partial charge on any atom is -0.495 e. The molecule has 0 saturated heterocycles. The number of nitrogens with one attached hydrogen (secondary N) is 1. The molecule has 1 aromatic heterocycles. The first-order valence-corrected chi connectivity index (χ1v) is 7.43. The Kier molecular flexibility index (Phi) is 4.61. The molecule has 9 heteroatoms. The molecule has 0 fully saturated rings. The Morgan fingerprint density at radius 2 is 1.88 bits per heavy atom. The maximum absolute atomic E-state index is 12.9. The highest BCUT2D eigenvalue weighted by atomic mass is 19.4. The van der Waals surface area contributed by atoms with Crippen molar-refractivity contribution in [1.29, 1.82) is 0 Å². The number of anilines is 1. The standard InChI is InChI=1S/C17H13F3N4O2/c1-26-15-8-7-11(17(18,19)20)9-13(15)22-16(25)14-10-21-24(23-14)12-5-3-2-4-6-12/h2-10H,1H3,(H,22,25). The van der Waals surface area contributed by atoms with E-state index in [0.717, 1.165) is 18.2 Å². The molecule has 0 bridgehead atoms. The maximum Gasteiger partial charge on any atom is 0.416 e. The van der Waals surface area contributed by atoms with Crippen LogP contribution in [0.4, 0.5) is 18.9 Å². The molecule has 0 unspecified atom stereocenters. The van der Waals surface area contributed by atoms with E-state index in [-0.39, 0.29) is 17.1 Å². The van der Waals surface area contributed by atoms with Crippen molar-refractivity contribution < 1.29 is 22.7 Å². The van der Waals surface area contributed by atoms with Crippen molar-refractivity contribution in [3.63, 3.8) is 0 Å².